The molecular weight excluding hydrogens is 242 g/mol. The van der Waals surface area contributed by atoms with E-state index in [1.807, 2.05) is 26.0 Å². The van der Waals surface area contributed by atoms with Crippen LogP contribution in [0.1, 0.15) is 29.5 Å². The maximum atomic E-state index is 11.9. The highest BCUT2D eigenvalue weighted by Crippen LogP contribution is 2.20. The van der Waals surface area contributed by atoms with Crippen LogP contribution >= 0.6 is 0 Å². The fraction of sp³-hybridized carbons (Fsp3) is 0.467. The van der Waals surface area contributed by atoms with Gasteiger partial charge in [-0.25, -0.2) is 0 Å². The number of rotatable bonds is 3. The lowest BCUT2D eigenvalue weighted by Gasteiger charge is -2.30. The van der Waals surface area contributed by atoms with Crippen LogP contribution in [-0.2, 0) is 16.1 Å². The summed E-state index contributed by atoms with van der Waals surface area (Å²) < 4.78 is 0. The molecule has 0 bridgehead atoms. The predicted molar refractivity (Wildman–Crippen MR) is 71.7 cm³/mol. The number of hydrogen-bond acceptors (Lipinski definition) is 2. The number of carbonyl (C=O) groups excluding carboxylic acids is 1. The van der Waals surface area contributed by atoms with Gasteiger partial charge in [-0.2, -0.15) is 0 Å². The average Bonchev–Trinajstić information content (AvgIpc) is 2.36. The number of amides is 1. The topological polar surface area (TPSA) is 57.6 Å². The Bertz CT molecular complexity index is 510. The number of carbonyl (C=O) groups is 2. The molecule has 4 heteroatoms. The van der Waals surface area contributed by atoms with Gasteiger partial charge in [-0.05, 0) is 37.0 Å². The molecule has 0 aromatic heterocycles. The van der Waals surface area contributed by atoms with Crippen LogP contribution in [0.25, 0.3) is 0 Å². The monoisotopic (exact) mass is 261 g/mol. The zero-order chi connectivity index (χ0) is 14.0. The second-order valence-electron chi connectivity index (χ2n) is 5.27. The van der Waals surface area contributed by atoms with E-state index in [0.717, 1.165) is 5.56 Å². The molecule has 19 heavy (non-hydrogen) atoms. The fourth-order valence-electron chi connectivity index (χ4n) is 2.39. The van der Waals surface area contributed by atoms with Gasteiger partial charge in [0.15, 0.2) is 0 Å². The van der Waals surface area contributed by atoms with E-state index in [1.54, 1.807) is 4.90 Å². The molecule has 1 saturated heterocycles. The summed E-state index contributed by atoms with van der Waals surface area (Å²) in [5.74, 6) is -1.18. The van der Waals surface area contributed by atoms with Gasteiger partial charge in [0.1, 0.15) is 0 Å². The summed E-state index contributed by atoms with van der Waals surface area (Å²) >= 11 is 0. The van der Waals surface area contributed by atoms with Crippen LogP contribution in [0.3, 0.4) is 0 Å². The number of carboxylic acids is 1. The summed E-state index contributed by atoms with van der Waals surface area (Å²) in [5, 5.41) is 9.05. The zero-order valence-electron chi connectivity index (χ0n) is 11.3. The molecule has 1 aliphatic rings. The van der Waals surface area contributed by atoms with Crippen LogP contribution in [0.4, 0.5) is 0 Å². The van der Waals surface area contributed by atoms with Gasteiger partial charge in [0, 0.05) is 19.5 Å². The van der Waals surface area contributed by atoms with Gasteiger partial charge < -0.3 is 10.0 Å². The largest absolute Gasteiger partial charge is 0.481 e. The molecule has 1 aromatic carbocycles. The Morgan fingerprint density at radius 2 is 2.11 bits per heavy atom. The van der Waals surface area contributed by atoms with Crippen LogP contribution < -0.4 is 0 Å². The summed E-state index contributed by atoms with van der Waals surface area (Å²) in [6.07, 6.45) is 0.791. The van der Waals surface area contributed by atoms with Gasteiger partial charge in [0.25, 0.3) is 0 Å². The molecule has 1 N–H and O–H groups in total. The Labute approximate surface area is 113 Å². The minimum atomic E-state index is -0.808. The van der Waals surface area contributed by atoms with Crippen molar-refractivity contribution < 1.29 is 14.7 Å². The predicted octanol–water partition coefficient (Wildman–Crippen LogP) is 2.13. The van der Waals surface area contributed by atoms with Gasteiger partial charge in [0.2, 0.25) is 5.91 Å². The number of nitrogens with zero attached hydrogens (tertiary/aromatic N) is 1. The normalized spacial score (nSPS) is 19.6. The Morgan fingerprint density at radius 1 is 1.37 bits per heavy atom. The number of hydrogen-bond donors (Lipinski definition) is 1. The minimum Gasteiger partial charge on any atom is -0.481 e. The Kier molecular flexibility index (Phi) is 3.88. The first-order valence-corrected chi connectivity index (χ1v) is 6.54. The molecule has 1 amide bonds. The summed E-state index contributed by atoms with van der Waals surface area (Å²) in [6.45, 7) is 4.91. The van der Waals surface area contributed by atoms with Gasteiger partial charge in [-0.15, -0.1) is 0 Å². The SMILES string of the molecule is Cc1ccc(CN2CC(C(=O)O)CCC2=O)cc1C. The second-order valence-corrected chi connectivity index (χ2v) is 5.27. The first kappa shape index (κ1) is 13.6. The number of aryl methyl sites for hydroxylation is 2. The lowest BCUT2D eigenvalue weighted by molar-refractivity contribution is -0.147. The molecule has 1 unspecified atom stereocenters. The van der Waals surface area contributed by atoms with Gasteiger partial charge in [0.05, 0.1) is 5.92 Å². The fourth-order valence-corrected chi connectivity index (χ4v) is 2.39. The molecule has 1 aromatic rings. The van der Waals surface area contributed by atoms with E-state index < -0.39 is 11.9 Å². The third-order valence-electron chi connectivity index (χ3n) is 3.79. The maximum Gasteiger partial charge on any atom is 0.308 e. The molecule has 1 fully saturated rings. The van der Waals surface area contributed by atoms with Gasteiger partial charge in [-0.3, -0.25) is 9.59 Å². The molecule has 0 radical (unpaired) electrons. The van der Waals surface area contributed by atoms with Crippen molar-refractivity contribution in [1.29, 1.82) is 0 Å². The molecule has 1 atom stereocenters. The smallest absolute Gasteiger partial charge is 0.308 e. The molecular formula is C15H19NO3. The van der Waals surface area contributed by atoms with E-state index in [9.17, 15) is 9.59 Å². The molecule has 1 heterocycles. The first-order chi connectivity index (χ1) is 8.97. The Morgan fingerprint density at radius 3 is 2.74 bits per heavy atom. The van der Waals surface area contributed by atoms with E-state index in [4.69, 9.17) is 5.11 Å². The molecule has 4 nitrogen and oxygen atoms in total. The number of aliphatic carboxylic acids is 1. The summed E-state index contributed by atoms with van der Waals surface area (Å²) in [5.41, 5.74) is 3.47. The van der Waals surface area contributed by atoms with Crippen molar-refractivity contribution in [3.8, 4) is 0 Å². The number of benzene rings is 1. The number of likely N-dealkylation sites (tertiary alicyclic amines) is 1. The molecule has 1 aliphatic heterocycles. The van der Waals surface area contributed by atoms with Gasteiger partial charge in [-0.1, -0.05) is 18.2 Å². The van der Waals surface area contributed by atoms with Crippen molar-refractivity contribution in [3.63, 3.8) is 0 Å². The summed E-state index contributed by atoms with van der Waals surface area (Å²) in [7, 11) is 0. The van der Waals surface area contributed by atoms with E-state index in [0.29, 0.717) is 25.9 Å². The van der Waals surface area contributed by atoms with Crippen LogP contribution in [-0.4, -0.2) is 28.4 Å². The third-order valence-corrected chi connectivity index (χ3v) is 3.79. The van der Waals surface area contributed by atoms with E-state index >= 15 is 0 Å². The number of carboxylic acid groups (broad SMARTS) is 1. The standard InChI is InChI=1S/C15H19NO3/c1-10-3-4-12(7-11(10)2)8-16-9-13(15(18)19)5-6-14(16)17/h3-4,7,13H,5-6,8-9H2,1-2H3,(H,18,19). The molecule has 102 valence electrons. The maximum absolute atomic E-state index is 11.9. The quantitative estimate of drug-likeness (QED) is 0.906. The van der Waals surface area contributed by atoms with Crippen molar-refractivity contribution >= 4 is 11.9 Å². The minimum absolute atomic E-state index is 0.0516. The molecule has 0 saturated carbocycles. The van der Waals surface area contributed by atoms with Crippen molar-refractivity contribution in [2.24, 2.45) is 5.92 Å². The zero-order valence-corrected chi connectivity index (χ0v) is 11.3. The van der Waals surface area contributed by atoms with Crippen LogP contribution in [0, 0.1) is 19.8 Å². The highest BCUT2D eigenvalue weighted by Gasteiger charge is 2.29. The summed E-state index contributed by atoms with van der Waals surface area (Å²) in [4.78, 5) is 24.5. The van der Waals surface area contributed by atoms with Crippen molar-refractivity contribution in [2.45, 2.75) is 33.2 Å². The molecule has 0 aliphatic carbocycles. The van der Waals surface area contributed by atoms with E-state index in [-0.39, 0.29) is 5.91 Å². The Balaban J connectivity index is 2.09. The van der Waals surface area contributed by atoms with Crippen LogP contribution in [0.5, 0.6) is 0 Å². The van der Waals surface area contributed by atoms with Crippen molar-refractivity contribution in [2.75, 3.05) is 6.54 Å². The van der Waals surface area contributed by atoms with Crippen molar-refractivity contribution in [1.82, 2.24) is 4.90 Å². The molecule has 0 spiro atoms. The van der Waals surface area contributed by atoms with Crippen LogP contribution in [0.15, 0.2) is 18.2 Å². The molecule has 2 rings (SSSR count). The highest BCUT2D eigenvalue weighted by atomic mass is 16.4. The second kappa shape index (κ2) is 5.43. The van der Waals surface area contributed by atoms with Crippen LogP contribution in [0.2, 0.25) is 0 Å². The van der Waals surface area contributed by atoms with E-state index in [1.165, 1.54) is 11.1 Å². The first-order valence-electron chi connectivity index (χ1n) is 6.54. The van der Waals surface area contributed by atoms with Gasteiger partial charge >= 0.3 is 5.97 Å². The Hall–Kier alpha value is -1.84. The lowest BCUT2D eigenvalue weighted by Crippen LogP contribution is -2.42. The summed E-state index contributed by atoms with van der Waals surface area (Å²) in [6, 6.07) is 6.10. The highest BCUT2D eigenvalue weighted by molar-refractivity contribution is 5.80. The average molecular weight is 261 g/mol. The van der Waals surface area contributed by atoms with Crippen molar-refractivity contribution in [3.05, 3.63) is 34.9 Å². The number of piperidine rings is 1. The third kappa shape index (κ3) is 3.13. The van der Waals surface area contributed by atoms with E-state index in [2.05, 4.69) is 6.07 Å². The lowest BCUT2D eigenvalue weighted by atomic mass is 9.97.